The zero-order valence-electron chi connectivity index (χ0n) is 9.53. The van der Waals surface area contributed by atoms with Crippen molar-refractivity contribution < 1.29 is 14.6 Å². The molecule has 0 heterocycles. The third kappa shape index (κ3) is 9.65. The number of carbonyl (C=O) groups excluding carboxylic acids is 1. The van der Waals surface area contributed by atoms with Gasteiger partial charge in [-0.3, -0.25) is 4.79 Å². The van der Waals surface area contributed by atoms with Crippen molar-refractivity contribution in [1.29, 1.82) is 0 Å². The molecule has 0 spiro atoms. The van der Waals surface area contributed by atoms with E-state index >= 15 is 0 Å². The highest BCUT2D eigenvalue weighted by Gasteiger charge is 2.05. The van der Waals surface area contributed by atoms with E-state index in [9.17, 15) is 9.90 Å². The molecule has 5 nitrogen and oxygen atoms in total. The molecule has 2 atom stereocenters. The van der Waals surface area contributed by atoms with E-state index in [-0.39, 0.29) is 11.9 Å². The van der Waals surface area contributed by atoms with E-state index in [0.29, 0.717) is 32.4 Å². The Morgan fingerprint density at radius 1 is 1.53 bits per heavy atom. The maximum absolute atomic E-state index is 11.2. The molecule has 15 heavy (non-hydrogen) atoms. The predicted molar refractivity (Wildman–Crippen MR) is 58.4 cm³/mol. The number of nitrogens with two attached hydrogens (primary N) is 1. The standard InChI is InChI=1S/C10H22N2O3/c1-8(11)3-4-10(14)12-6-5-9(13)7-15-2/h8-9,13H,3-7,11H2,1-2H3,(H,12,14). The molecule has 4 N–H and O–H groups in total. The average molecular weight is 218 g/mol. The number of methoxy groups -OCH3 is 1. The Morgan fingerprint density at radius 2 is 2.20 bits per heavy atom. The highest BCUT2D eigenvalue weighted by Crippen LogP contribution is 1.94. The summed E-state index contributed by atoms with van der Waals surface area (Å²) in [5.74, 6) is -0.0167. The minimum atomic E-state index is -0.510. The Hall–Kier alpha value is -0.650. The van der Waals surface area contributed by atoms with E-state index in [0.717, 1.165) is 0 Å². The summed E-state index contributed by atoms with van der Waals surface area (Å²) in [6.45, 7) is 2.65. The Labute approximate surface area is 91.0 Å². The van der Waals surface area contributed by atoms with E-state index in [1.54, 1.807) is 0 Å². The van der Waals surface area contributed by atoms with E-state index in [2.05, 4.69) is 5.32 Å². The molecule has 0 bridgehead atoms. The molecular weight excluding hydrogens is 196 g/mol. The van der Waals surface area contributed by atoms with Crippen LogP contribution in [-0.2, 0) is 9.53 Å². The molecule has 0 radical (unpaired) electrons. The first-order valence-corrected chi connectivity index (χ1v) is 5.25. The van der Waals surface area contributed by atoms with Crippen LogP contribution in [0.25, 0.3) is 0 Å². The zero-order valence-corrected chi connectivity index (χ0v) is 9.53. The van der Waals surface area contributed by atoms with Gasteiger partial charge in [0, 0.05) is 26.1 Å². The van der Waals surface area contributed by atoms with Crippen LogP contribution in [-0.4, -0.2) is 43.4 Å². The highest BCUT2D eigenvalue weighted by molar-refractivity contribution is 5.75. The topological polar surface area (TPSA) is 84.6 Å². The quantitative estimate of drug-likeness (QED) is 0.519. The van der Waals surface area contributed by atoms with Crippen LogP contribution in [0.15, 0.2) is 0 Å². The molecule has 2 unspecified atom stereocenters. The summed E-state index contributed by atoms with van der Waals surface area (Å²) < 4.78 is 4.76. The second-order valence-electron chi connectivity index (χ2n) is 3.76. The second-order valence-corrected chi connectivity index (χ2v) is 3.76. The molecule has 0 aromatic heterocycles. The number of hydrogen-bond acceptors (Lipinski definition) is 4. The molecule has 5 heteroatoms. The van der Waals surface area contributed by atoms with Crippen LogP contribution >= 0.6 is 0 Å². The minimum Gasteiger partial charge on any atom is -0.391 e. The van der Waals surface area contributed by atoms with Crippen molar-refractivity contribution in [3.8, 4) is 0 Å². The van der Waals surface area contributed by atoms with Crippen LogP contribution in [0.2, 0.25) is 0 Å². The van der Waals surface area contributed by atoms with Crippen LogP contribution in [0.4, 0.5) is 0 Å². The number of carbonyl (C=O) groups is 1. The zero-order chi connectivity index (χ0) is 11.7. The van der Waals surface area contributed by atoms with Gasteiger partial charge in [-0.25, -0.2) is 0 Å². The smallest absolute Gasteiger partial charge is 0.220 e. The van der Waals surface area contributed by atoms with Crippen LogP contribution in [0, 0.1) is 0 Å². The minimum absolute atomic E-state index is 0.0167. The number of aliphatic hydroxyl groups excluding tert-OH is 1. The molecule has 0 aromatic rings. The third-order valence-corrected chi connectivity index (χ3v) is 1.99. The van der Waals surface area contributed by atoms with Crippen LogP contribution < -0.4 is 11.1 Å². The lowest BCUT2D eigenvalue weighted by atomic mass is 10.2. The van der Waals surface area contributed by atoms with Gasteiger partial charge in [-0.15, -0.1) is 0 Å². The third-order valence-electron chi connectivity index (χ3n) is 1.99. The van der Waals surface area contributed by atoms with Crippen LogP contribution in [0.3, 0.4) is 0 Å². The van der Waals surface area contributed by atoms with Crippen molar-refractivity contribution in [2.24, 2.45) is 5.73 Å². The summed E-state index contributed by atoms with van der Waals surface area (Å²) in [5.41, 5.74) is 5.52. The number of nitrogens with one attached hydrogen (secondary N) is 1. The fraction of sp³-hybridized carbons (Fsp3) is 0.900. The molecule has 0 saturated carbocycles. The largest absolute Gasteiger partial charge is 0.391 e. The van der Waals surface area contributed by atoms with Crippen molar-refractivity contribution in [2.45, 2.75) is 38.3 Å². The lowest BCUT2D eigenvalue weighted by Crippen LogP contribution is -2.29. The molecule has 0 saturated heterocycles. The fourth-order valence-electron chi connectivity index (χ4n) is 1.10. The lowest BCUT2D eigenvalue weighted by Gasteiger charge is -2.10. The van der Waals surface area contributed by atoms with Gasteiger partial charge in [-0.1, -0.05) is 0 Å². The number of hydrogen-bond donors (Lipinski definition) is 3. The lowest BCUT2D eigenvalue weighted by molar-refractivity contribution is -0.121. The van der Waals surface area contributed by atoms with Gasteiger partial charge in [-0.05, 0) is 19.8 Å². The van der Waals surface area contributed by atoms with Gasteiger partial charge < -0.3 is 20.9 Å². The van der Waals surface area contributed by atoms with Crippen LogP contribution in [0.5, 0.6) is 0 Å². The van der Waals surface area contributed by atoms with Gasteiger partial charge in [0.05, 0.1) is 12.7 Å². The molecule has 90 valence electrons. The molecule has 0 aliphatic heterocycles. The number of ether oxygens (including phenoxy) is 1. The first-order valence-electron chi connectivity index (χ1n) is 5.25. The van der Waals surface area contributed by atoms with Gasteiger partial charge in [0.25, 0.3) is 0 Å². The SMILES string of the molecule is COCC(O)CCNC(=O)CCC(C)N. The van der Waals surface area contributed by atoms with Crippen molar-refractivity contribution >= 4 is 5.91 Å². The second kappa shape index (κ2) is 8.64. The van der Waals surface area contributed by atoms with E-state index in [1.807, 2.05) is 6.92 Å². The normalized spacial score (nSPS) is 14.7. The maximum Gasteiger partial charge on any atom is 0.220 e. The van der Waals surface area contributed by atoms with Crippen molar-refractivity contribution in [3.05, 3.63) is 0 Å². The van der Waals surface area contributed by atoms with Gasteiger partial charge in [0.15, 0.2) is 0 Å². The molecular formula is C10H22N2O3. The van der Waals surface area contributed by atoms with Gasteiger partial charge >= 0.3 is 0 Å². The monoisotopic (exact) mass is 218 g/mol. The van der Waals surface area contributed by atoms with E-state index in [4.69, 9.17) is 10.5 Å². The molecule has 0 rings (SSSR count). The average Bonchev–Trinajstić information content (AvgIpc) is 2.15. The van der Waals surface area contributed by atoms with E-state index < -0.39 is 6.10 Å². The molecule has 0 aliphatic carbocycles. The summed E-state index contributed by atoms with van der Waals surface area (Å²) in [4.78, 5) is 11.2. The Morgan fingerprint density at radius 3 is 2.73 bits per heavy atom. The highest BCUT2D eigenvalue weighted by atomic mass is 16.5. The first-order chi connectivity index (χ1) is 7.06. The summed E-state index contributed by atoms with van der Waals surface area (Å²) >= 11 is 0. The summed E-state index contributed by atoms with van der Waals surface area (Å²) in [7, 11) is 1.53. The Bertz CT molecular complexity index is 174. The molecule has 0 aliphatic rings. The number of aliphatic hydroxyl groups is 1. The van der Waals surface area contributed by atoms with Crippen molar-refractivity contribution in [1.82, 2.24) is 5.32 Å². The maximum atomic E-state index is 11.2. The molecule has 0 aromatic carbocycles. The summed E-state index contributed by atoms with van der Waals surface area (Å²) in [5, 5.41) is 12.0. The van der Waals surface area contributed by atoms with Gasteiger partial charge in [-0.2, -0.15) is 0 Å². The van der Waals surface area contributed by atoms with E-state index in [1.165, 1.54) is 7.11 Å². The van der Waals surface area contributed by atoms with Gasteiger partial charge in [0.1, 0.15) is 0 Å². The number of rotatable bonds is 8. The predicted octanol–water partition coefficient (Wildman–Crippen LogP) is -0.373. The number of amides is 1. The Kier molecular flexibility index (Phi) is 8.27. The van der Waals surface area contributed by atoms with Gasteiger partial charge in [0.2, 0.25) is 5.91 Å². The first kappa shape index (κ1) is 14.3. The Balaban J connectivity index is 3.38. The summed E-state index contributed by atoms with van der Waals surface area (Å²) in [6, 6.07) is 0.0508. The summed E-state index contributed by atoms with van der Waals surface area (Å²) in [6.07, 6.45) is 1.13. The molecule has 1 amide bonds. The van der Waals surface area contributed by atoms with Crippen LogP contribution in [0.1, 0.15) is 26.2 Å². The van der Waals surface area contributed by atoms with Crippen molar-refractivity contribution in [2.75, 3.05) is 20.3 Å². The molecule has 0 fully saturated rings. The van der Waals surface area contributed by atoms with Crippen molar-refractivity contribution in [3.63, 3.8) is 0 Å². The fourth-order valence-corrected chi connectivity index (χ4v) is 1.10.